The maximum Gasteiger partial charge on any atom is 0.337 e. The lowest BCUT2D eigenvalue weighted by Gasteiger charge is -2.29. The van der Waals surface area contributed by atoms with Crippen LogP contribution in [0.3, 0.4) is 0 Å². The standard InChI is InChI=1S/C10H13ClN2O5/c11-7-1-6(9(17)18)2-12-8(7)13-10(3-14,4-15)5-16/h1-2,14-16H,3-5H2,(H,12,13)(H,17,18). The first-order valence-corrected chi connectivity index (χ1v) is 5.35. The molecule has 5 N–H and O–H groups in total. The second-order valence-electron chi connectivity index (χ2n) is 3.74. The molecule has 1 heterocycles. The number of pyridine rings is 1. The van der Waals surface area contributed by atoms with E-state index in [1.807, 2.05) is 0 Å². The van der Waals surface area contributed by atoms with E-state index in [0.29, 0.717) is 0 Å². The molecule has 1 aromatic heterocycles. The van der Waals surface area contributed by atoms with Crippen LogP contribution in [-0.2, 0) is 0 Å². The SMILES string of the molecule is O=C(O)c1cnc(NC(CO)(CO)CO)c(Cl)c1. The Labute approximate surface area is 108 Å². The number of aromatic carboxylic acids is 1. The third-order valence-corrected chi connectivity index (χ3v) is 2.67. The van der Waals surface area contributed by atoms with E-state index in [2.05, 4.69) is 10.3 Å². The first-order valence-electron chi connectivity index (χ1n) is 4.97. The van der Waals surface area contributed by atoms with Gasteiger partial charge < -0.3 is 25.7 Å². The Hall–Kier alpha value is -1.41. The fourth-order valence-corrected chi connectivity index (χ4v) is 1.38. The summed E-state index contributed by atoms with van der Waals surface area (Å²) in [4.78, 5) is 14.5. The molecule has 100 valence electrons. The molecule has 0 aliphatic heterocycles. The zero-order chi connectivity index (χ0) is 13.8. The number of carbonyl (C=O) groups is 1. The summed E-state index contributed by atoms with van der Waals surface area (Å²) < 4.78 is 0. The van der Waals surface area contributed by atoms with Crippen molar-refractivity contribution >= 4 is 23.4 Å². The van der Waals surface area contributed by atoms with Crippen LogP contribution in [0, 0.1) is 0 Å². The van der Waals surface area contributed by atoms with Gasteiger partial charge in [-0.05, 0) is 6.07 Å². The van der Waals surface area contributed by atoms with Gasteiger partial charge in [0.1, 0.15) is 11.4 Å². The van der Waals surface area contributed by atoms with E-state index in [-0.39, 0.29) is 16.4 Å². The minimum atomic E-state index is -1.37. The largest absolute Gasteiger partial charge is 0.478 e. The molecule has 0 saturated heterocycles. The minimum absolute atomic E-state index is 0.00891. The topological polar surface area (TPSA) is 123 Å². The summed E-state index contributed by atoms with van der Waals surface area (Å²) in [5, 5.41) is 38.7. The van der Waals surface area contributed by atoms with Crippen LogP contribution in [0.4, 0.5) is 5.82 Å². The molecule has 7 nitrogen and oxygen atoms in total. The number of rotatable bonds is 6. The highest BCUT2D eigenvalue weighted by molar-refractivity contribution is 6.33. The van der Waals surface area contributed by atoms with Crippen LogP contribution in [0.15, 0.2) is 12.3 Å². The number of aromatic nitrogens is 1. The van der Waals surface area contributed by atoms with Crippen molar-refractivity contribution in [2.24, 2.45) is 0 Å². The predicted octanol–water partition coefficient (Wildman–Crippen LogP) is -0.439. The summed E-state index contributed by atoms with van der Waals surface area (Å²) in [5.41, 5.74) is -1.46. The molecule has 0 spiro atoms. The van der Waals surface area contributed by atoms with Crippen molar-refractivity contribution in [3.8, 4) is 0 Å². The lowest BCUT2D eigenvalue weighted by Crippen LogP contribution is -2.49. The van der Waals surface area contributed by atoms with Gasteiger partial charge in [-0.2, -0.15) is 0 Å². The second-order valence-corrected chi connectivity index (χ2v) is 4.15. The van der Waals surface area contributed by atoms with Crippen molar-refractivity contribution in [2.75, 3.05) is 25.1 Å². The first kappa shape index (κ1) is 14.7. The van der Waals surface area contributed by atoms with Gasteiger partial charge in [0, 0.05) is 6.20 Å². The van der Waals surface area contributed by atoms with Gasteiger partial charge in [-0.15, -0.1) is 0 Å². The molecule has 0 bridgehead atoms. The van der Waals surface area contributed by atoms with E-state index >= 15 is 0 Å². The van der Waals surface area contributed by atoms with Crippen LogP contribution >= 0.6 is 11.6 Å². The van der Waals surface area contributed by atoms with Crippen LogP contribution in [0.2, 0.25) is 5.02 Å². The van der Waals surface area contributed by atoms with E-state index in [4.69, 9.17) is 32.0 Å². The molecule has 0 saturated carbocycles. The number of halogens is 1. The summed E-state index contributed by atoms with van der Waals surface area (Å²) in [7, 11) is 0. The molecule has 0 aromatic carbocycles. The molecule has 0 fully saturated rings. The average molecular weight is 277 g/mol. The highest BCUT2D eigenvalue weighted by atomic mass is 35.5. The van der Waals surface area contributed by atoms with Crippen LogP contribution < -0.4 is 5.32 Å². The van der Waals surface area contributed by atoms with E-state index in [9.17, 15) is 4.79 Å². The van der Waals surface area contributed by atoms with Crippen LogP contribution in [-0.4, -0.2) is 56.7 Å². The van der Waals surface area contributed by atoms with E-state index in [1.54, 1.807) is 0 Å². The molecule has 0 radical (unpaired) electrons. The molecule has 18 heavy (non-hydrogen) atoms. The number of hydrogen-bond acceptors (Lipinski definition) is 6. The van der Waals surface area contributed by atoms with E-state index in [0.717, 1.165) is 6.20 Å². The highest BCUT2D eigenvalue weighted by Gasteiger charge is 2.29. The average Bonchev–Trinajstić information content (AvgIpc) is 2.38. The third kappa shape index (κ3) is 3.08. The number of hydrogen-bond donors (Lipinski definition) is 5. The molecule has 0 aliphatic rings. The number of aliphatic hydroxyl groups is 3. The predicted molar refractivity (Wildman–Crippen MR) is 63.8 cm³/mol. The Morgan fingerprint density at radius 3 is 2.28 bits per heavy atom. The quantitative estimate of drug-likeness (QED) is 0.477. The lowest BCUT2D eigenvalue weighted by molar-refractivity contribution is 0.0695. The summed E-state index contributed by atoms with van der Waals surface area (Å²) in [5.74, 6) is -1.10. The van der Waals surface area contributed by atoms with Gasteiger partial charge in [-0.1, -0.05) is 11.6 Å². The summed E-state index contributed by atoms with van der Waals surface area (Å²) in [6, 6.07) is 1.18. The number of nitrogens with one attached hydrogen (secondary N) is 1. The van der Waals surface area contributed by atoms with Gasteiger partial charge in [0.2, 0.25) is 0 Å². The number of carboxylic acid groups (broad SMARTS) is 1. The Bertz CT molecular complexity index is 428. The Balaban J connectivity index is 3.01. The minimum Gasteiger partial charge on any atom is -0.478 e. The van der Waals surface area contributed by atoms with Crippen molar-refractivity contribution in [3.05, 3.63) is 22.8 Å². The van der Waals surface area contributed by atoms with Crippen molar-refractivity contribution in [1.82, 2.24) is 4.98 Å². The maximum absolute atomic E-state index is 10.7. The fraction of sp³-hybridized carbons (Fsp3) is 0.400. The smallest absolute Gasteiger partial charge is 0.337 e. The normalized spacial score (nSPS) is 11.3. The number of aliphatic hydroxyl groups excluding tert-OH is 3. The fourth-order valence-electron chi connectivity index (χ4n) is 1.17. The zero-order valence-corrected chi connectivity index (χ0v) is 10.1. The van der Waals surface area contributed by atoms with Crippen molar-refractivity contribution in [1.29, 1.82) is 0 Å². The molecular formula is C10H13ClN2O5. The Kier molecular flexibility index (Phi) is 4.85. The zero-order valence-electron chi connectivity index (χ0n) is 9.30. The summed E-state index contributed by atoms with van der Waals surface area (Å²) in [6.07, 6.45) is 1.08. The van der Waals surface area contributed by atoms with Gasteiger partial charge in [-0.25, -0.2) is 9.78 Å². The lowest BCUT2D eigenvalue weighted by atomic mass is 10.0. The molecule has 0 unspecified atom stereocenters. The first-order chi connectivity index (χ1) is 8.48. The van der Waals surface area contributed by atoms with Crippen molar-refractivity contribution < 1.29 is 25.2 Å². The van der Waals surface area contributed by atoms with Crippen molar-refractivity contribution in [3.63, 3.8) is 0 Å². The molecule has 1 rings (SSSR count). The van der Waals surface area contributed by atoms with Gasteiger partial charge in [-0.3, -0.25) is 0 Å². The van der Waals surface area contributed by atoms with Crippen LogP contribution in [0.5, 0.6) is 0 Å². The number of carboxylic acids is 1. The van der Waals surface area contributed by atoms with Gasteiger partial charge in [0.05, 0.1) is 30.4 Å². The summed E-state index contributed by atoms with van der Waals surface area (Å²) >= 11 is 5.82. The highest BCUT2D eigenvalue weighted by Crippen LogP contribution is 2.23. The Morgan fingerprint density at radius 1 is 1.33 bits per heavy atom. The van der Waals surface area contributed by atoms with Gasteiger partial charge in [0.25, 0.3) is 0 Å². The maximum atomic E-state index is 10.7. The monoisotopic (exact) mass is 276 g/mol. The number of anilines is 1. The third-order valence-electron chi connectivity index (χ3n) is 2.38. The molecule has 8 heteroatoms. The van der Waals surface area contributed by atoms with E-state index < -0.39 is 31.3 Å². The molecular weight excluding hydrogens is 264 g/mol. The molecule has 1 aromatic rings. The Morgan fingerprint density at radius 2 is 1.89 bits per heavy atom. The van der Waals surface area contributed by atoms with Crippen molar-refractivity contribution in [2.45, 2.75) is 5.54 Å². The molecule has 0 aliphatic carbocycles. The van der Waals surface area contributed by atoms with E-state index in [1.165, 1.54) is 6.07 Å². The second kappa shape index (κ2) is 5.96. The number of nitrogens with zero attached hydrogens (tertiary/aromatic N) is 1. The summed E-state index contributed by atoms with van der Waals surface area (Å²) in [6.45, 7) is -1.63. The van der Waals surface area contributed by atoms with Gasteiger partial charge >= 0.3 is 5.97 Å². The van der Waals surface area contributed by atoms with Crippen LogP contribution in [0.25, 0.3) is 0 Å². The van der Waals surface area contributed by atoms with Crippen LogP contribution in [0.1, 0.15) is 10.4 Å². The molecule has 0 amide bonds. The molecule has 0 atom stereocenters. The van der Waals surface area contributed by atoms with Gasteiger partial charge in [0.15, 0.2) is 0 Å².